The number of hydrogen-bond acceptors (Lipinski definition) is 10. The Morgan fingerprint density at radius 1 is 0.737 bits per heavy atom. The van der Waals surface area contributed by atoms with E-state index in [-0.39, 0.29) is 47.6 Å². The van der Waals surface area contributed by atoms with Crippen molar-refractivity contribution in [1.82, 2.24) is 0 Å². The maximum absolute atomic E-state index is 10.7. The Bertz CT molecular complexity index is 864. The van der Waals surface area contributed by atoms with Crippen LogP contribution in [-0.2, 0) is 53.4 Å². The van der Waals surface area contributed by atoms with Crippen molar-refractivity contribution in [2.45, 2.75) is 26.3 Å². The Kier molecular flexibility index (Phi) is 24.9. The van der Waals surface area contributed by atoms with E-state index in [0.717, 1.165) is 21.5 Å². The van der Waals surface area contributed by atoms with Crippen LogP contribution >= 0.6 is 11.6 Å². The van der Waals surface area contributed by atoms with Crippen LogP contribution in [0.3, 0.4) is 0 Å². The number of carbonyl (C=O) groups excluding carboxylic acids is 2. The summed E-state index contributed by atoms with van der Waals surface area (Å²) >= 11 is 5.71. The second-order valence-electron chi connectivity index (χ2n) is 6.85. The second-order valence-corrected chi connectivity index (χ2v) is 12.9. The van der Waals surface area contributed by atoms with Crippen molar-refractivity contribution in [1.29, 1.82) is 0 Å². The van der Waals surface area contributed by atoms with Crippen molar-refractivity contribution in [3.05, 3.63) is 59.7 Å². The topological polar surface area (TPSA) is 129 Å². The van der Waals surface area contributed by atoms with Gasteiger partial charge in [0.2, 0.25) is 0 Å². The molecule has 38 heavy (non-hydrogen) atoms. The molecule has 210 valence electrons. The molecule has 0 unspecified atom stereocenters. The molecule has 14 heteroatoms. The number of carbonyl (C=O) groups is 1. The summed E-state index contributed by atoms with van der Waals surface area (Å²) in [4.78, 5) is 19.4. The summed E-state index contributed by atoms with van der Waals surface area (Å²) < 4.78 is 37.1. The standard InChI is InChI=1S/C12H18O5Si.C10H15ClO3Si.C2H3O.Na.H2O/c1-10(13)17-9-11-5-7-12(8-6-11)18(14-2,15-3)16-4;1-12-15(13-2,14-3)10-6-4-9(8-11)5-7-10;1-2-3;;/h5-8H,9H2,1-4H3;4-7H,8H2,1-3H3;1H3;;1H2/q;;-1;+1;/p-1. The van der Waals surface area contributed by atoms with Gasteiger partial charge in [-0.2, -0.15) is 6.92 Å². The number of alkyl halides is 1. The van der Waals surface area contributed by atoms with Gasteiger partial charge in [-0.15, -0.1) is 11.6 Å². The molecule has 0 aliphatic heterocycles. The first-order valence-electron chi connectivity index (χ1n) is 10.7. The molecule has 0 amide bonds. The third-order valence-electron chi connectivity index (χ3n) is 4.82. The predicted octanol–water partition coefficient (Wildman–Crippen LogP) is -0.711. The van der Waals surface area contributed by atoms with Crippen LogP contribution in [0.15, 0.2) is 48.5 Å². The number of halogens is 1. The van der Waals surface area contributed by atoms with Crippen LogP contribution in [-0.4, -0.2) is 78.0 Å². The van der Waals surface area contributed by atoms with E-state index in [2.05, 4.69) is 0 Å². The molecular weight excluding hydrogens is 563 g/mol. The van der Waals surface area contributed by atoms with E-state index in [0.29, 0.717) is 5.88 Å². The van der Waals surface area contributed by atoms with Gasteiger partial charge in [-0.05, 0) is 11.1 Å². The van der Waals surface area contributed by atoms with E-state index in [1.165, 1.54) is 20.1 Å². The third kappa shape index (κ3) is 12.9. The number of esters is 1. The molecule has 2 rings (SSSR count). The fourth-order valence-electron chi connectivity index (χ4n) is 3.00. The quantitative estimate of drug-likeness (QED) is 0.141. The zero-order valence-corrected chi connectivity index (χ0v) is 28.3. The Labute approximate surface area is 255 Å². The van der Waals surface area contributed by atoms with Crippen LogP contribution in [0.2, 0.25) is 0 Å². The van der Waals surface area contributed by atoms with E-state index < -0.39 is 17.6 Å². The van der Waals surface area contributed by atoms with Gasteiger partial charge in [-0.25, -0.2) is 0 Å². The molecule has 0 saturated carbocycles. The molecule has 0 heterocycles. The molecule has 0 saturated heterocycles. The van der Waals surface area contributed by atoms with Gasteiger partial charge in [0.25, 0.3) is 0 Å². The average Bonchev–Trinajstić information content (AvgIpc) is 2.92. The van der Waals surface area contributed by atoms with Crippen molar-refractivity contribution in [3.63, 3.8) is 0 Å². The minimum absolute atomic E-state index is 0. The number of hydrogen-bond donors (Lipinski definition) is 0. The first-order valence-corrected chi connectivity index (χ1v) is 14.7. The molecular formula is C24H37ClNaO10Si2-. The molecule has 0 radical (unpaired) electrons. The van der Waals surface area contributed by atoms with E-state index in [9.17, 15) is 4.79 Å². The van der Waals surface area contributed by atoms with Gasteiger partial charge in [0, 0.05) is 65.8 Å². The first kappa shape index (κ1) is 41.5. The molecule has 0 spiro atoms. The van der Waals surface area contributed by atoms with Crippen molar-refractivity contribution >= 4 is 51.8 Å². The van der Waals surface area contributed by atoms with Crippen LogP contribution in [0.25, 0.3) is 0 Å². The molecule has 2 aromatic carbocycles. The number of rotatable bonds is 11. The Morgan fingerprint density at radius 3 is 1.26 bits per heavy atom. The smallest absolute Gasteiger partial charge is 0.870 e. The summed E-state index contributed by atoms with van der Waals surface area (Å²) in [6.07, 6.45) is 1.50. The van der Waals surface area contributed by atoms with E-state index in [1.54, 1.807) is 42.7 Å². The number of ether oxygens (including phenoxy) is 1. The molecule has 0 aliphatic rings. The SMILES string of the molecule is CO[Si](OC)(OC)c1ccc(CCl)cc1.CO[Si](OC)(OC)c1ccc(COC(C)=O)cc1.C[C-]=O.[Na+].[OH-]. The van der Waals surface area contributed by atoms with Gasteiger partial charge in [-0.1, -0.05) is 48.5 Å². The molecule has 0 aliphatic carbocycles. The van der Waals surface area contributed by atoms with E-state index in [4.69, 9.17) is 47.7 Å². The average molecular weight is 600 g/mol. The third-order valence-corrected chi connectivity index (χ3v) is 10.4. The van der Waals surface area contributed by atoms with Gasteiger partial charge >= 0.3 is 53.1 Å². The number of benzene rings is 2. The normalized spacial score (nSPS) is 10.3. The van der Waals surface area contributed by atoms with Crippen LogP contribution in [0.4, 0.5) is 0 Å². The van der Waals surface area contributed by atoms with Gasteiger partial charge < -0.3 is 41.6 Å². The van der Waals surface area contributed by atoms with Crippen LogP contribution in [0.5, 0.6) is 0 Å². The fraction of sp³-hybridized carbons (Fsp3) is 0.417. The van der Waals surface area contributed by atoms with E-state index >= 15 is 0 Å². The van der Waals surface area contributed by atoms with Gasteiger partial charge in [0.05, 0.1) is 0 Å². The van der Waals surface area contributed by atoms with Crippen molar-refractivity contribution in [3.8, 4) is 0 Å². The van der Waals surface area contributed by atoms with Crippen molar-refractivity contribution in [2.24, 2.45) is 0 Å². The maximum atomic E-state index is 10.7. The molecule has 0 atom stereocenters. The Balaban J connectivity index is -0.000000563. The fourth-order valence-corrected chi connectivity index (χ4v) is 6.74. The van der Waals surface area contributed by atoms with Crippen molar-refractivity contribution in [2.75, 3.05) is 42.7 Å². The summed E-state index contributed by atoms with van der Waals surface area (Å²) in [6, 6.07) is 15.2. The van der Waals surface area contributed by atoms with Gasteiger partial charge in [-0.3, -0.25) is 11.1 Å². The second kappa shape index (κ2) is 22.8. The summed E-state index contributed by atoms with van der Waals surface area (Å²) in [5.74, 6) is 0.204. The monoisotopic (exact) mass is 599 g/mol. The van der Waals surface area contributed by atoms with Gasteiger partial charge in [0.1, 0.15) is 6.61 Å². The van der Waals surface area contributed by atoms with Crippen LogP contribution < -0.4 is 39.9 Å². The largest absolute Gasteiger partial charge is 1.00 e. The Hall–Kier alpha value is -0.976. The van der Waals surface area contributed by atoms with Crippen LogP contribution in [0.1, 0.15) is 25.0 Å². The predicted molar refractivity (Wildman–Crippen MR) is 144 cm³/mol. The first-order chi connectivity index (χ1) is 17.2. The molecule has 0 fully saturated rings. The summed E-state index contributed by atoms with van der Waals surface area (Å²) in [5, 5.41) is 1.80. The summed E-state index contributed by atoms with van der Waals surface area (Å²) in [5.41, 5.74) is 1.96. The molecule has 1 N–H and O–H groups in total. The molecule has 10 nitrogen and oxygen atoms in total. The molecule has 0 aromatic heterocycles. The zero-order chi connectivity index (χ0) is 27.6. The summed E-state index contributed by atoms with van der Waals surface area (Å²) in [6.45, 7) is 2.96. The van der Waals surface area contributed by atoms with Crippen LogP contribution in [0, 0.1) is 0 Å². The molecule has 0 bridgehead atoms. The molecule has 2 aromatic rings. The Morgan fingerprint density at radius 2 is 1.03 bits per heavy atom. The van der Waals surface area contributed by atoms with Crippen molar-refractivity contribution < 1.29 is 75.9 Å². The van der Waals surface area contributed by atoms with E-state index in [1.807, 2.05) is 48.5 Å². The van der Waals surface area contributed by atoms with Gasteiger partial charge in [0.15, 0.2) is 0 Å². The minimum Gasteiger partial charge on any atom is -0.870 e. The summed E-state index contributed by atoms with van der Waals surface area (Å²) in [7, 11) is 4.02. The zero-order valence-electron chi connectivity index (χ0n) is 23.5. The minimum atomic E-state index is -2.77. The maximum Gasteiger partial charge on any atom is 1.00 e.